The second kappa shape index (κ2) is 6.07. The molecule has 0 saturated heterocycles. The van der Waals surface area contributed by atoms with Gasteiger partial charge in [0, 0.05) is 11.8 Å². The van der Waals surface area contributed by atoms with Crippen molar-refractivity contribution in [2.75, 3.05) is 0 Å². The smallest absolute Gasteiger partial charge is 0.0656 e. The number of hydrogen-bond donors (Lipinski definition) is 0. The van der Waals surface area contributed by atoms with Crippen LogP contribution >= 0.6 is 0 Å². The summed E-state index contributed by atoms with van der Waals surface area (Å²) in [6.07, 6.45) is 4.89. The van der Waals surface area contributed by atoms with Crippen molar-refractivity contribution >= 4 is 25.4 Å². The summed E-state index contributed by atoms with van der Waals surface area (Å²) in [4.78, 5) is 0. The molecule has 2 aromatic carbocycles. The molecule has 27 heavy (non-hydrogen) atoms. The maximum Gasteiger partial charge on any atom is 0.0783 e. The molecule has 0 spiro atoms. The lowest BCUT2D eigenvalue weighted by Gasteiger charge is -2.41. The number of fused-ring (bicyclic) bond motifs is 2. The summed E-state index contributed by atoms with van der Waals surface area (Å²) in [5, 5.41) is 1.61. The first-order valence-electron chi connectivity index (χ1n) is 10.2. The van der Waals surface area contributed by atoms with Crippen LogP contribution in [0.2, 0.25) is 19.6 Å². The average molecular weight is 373 g/mol. The normalized spacial score (nSPS) is 21.6. The van der Waals surface area contributed by atoms with E-state index < -0.39 is 8.07 Å². The Morgan fingerprint density at radius 1 is 0.741 bits per heavy atom. The molecule has 2 aliphatic rings. The van der Waals surface area contributed by atoms with Gasteiger partial charge in [-0.05, 0) is 41.5 Å². The van der Waals surface area contributed by atoms with Crippen molar-refractivity contribution in [2.24, 2.45) is 5.41 Å². The van der Waals surface area contributed by atoms with Gasteiger partial charge in [-0.2, -0.15) is 0 Å². The predicted molar refractivity (Wildman–Crippen MR) is 122 cm³/mol. The Kier molecular flexibility index (Phi) is 4.16. The van der Waals surface area contributed by atoms with Gasteiger partial charge in [0.2, 0.25) is 0 Å². The highest BCUT2D eigenvalue weighted by Crippen LogP contribution is 2.57. The average Bonchev–Trinajstić information content (AvgIpc) is 3.09. The van der Waals surface area contributed by atoms with Crippen molar-refractivity contribution < 1.29 is 0 Å². The lowest BCUT2D eigenvalue weighted by Crippen LogP contribution is -2.40. The molecule has 0 aromatic heterocycles. The lowest BCUT2D eigenvalue weighted by atomic mass is 9.63. The highest BCUT2D eigenvalue weighted by atomic mass is 28.3. The van der Waals surface area contributed by atoms with Crippen LogP contribution in [0.1, 0.15) is 61.8 Å². The second-order valence-corrected chi connectivity index (χ2v) is 15.2. The molecule has 4 rings (SSSR count). The molecule has 0 radical (unpaired) electrons. The van der Waals surface area contributed by atoms with Crippen LogP contribution in [0, 0.1) is 5.41 Å². The quantitative estimate of drug-likeness (QED) is 0.511. The second-order valence-electron chi connectivity index (χ2n) is 10.2. The minimum atomic E-state index is -1.37. The Labute approximate surface area is 166 Å². The Morgan fingerprint density at radius 2 is 1.33 bits per heavy atom. The van der Waals surface area contributed by atoms with Crippen molar-refractivity contribution in [3.63, 3.8) is 0 Å². The zero-order valence-corrected chi connectivity index (χ0v) is 18.9. The maximum atomic E-state index is 2.50. The highest BCUT2D eigenvalue weighted by Gasteiger charge is 2.45. The summed E-state index contributed by atoms with van der Waals surface area (Å²) in [5.41, 5.74) is 9.15. The van der Waals surface area contributed by atoms with Crippen LogP contribution in [0.5, 0.6) is 0 Å². The number of hydrogen-bond acceptors (Lipinski definition) is 0. The zero-order valence-electron chi connectivity index (χ0n) is 17.9. The lowest BCUT2D eigenvalue weighted by molar-refractivity contribution is 0.275. The van der Waals surface area contributed by atoms with E-state index in [2.05, 4.69) is 102 Å². The van der Waals surface area contributed by atoms with E-state index in [9.17, 15) is 0 Å². The molecule has 0 N–H and O–H groups in total. The monoisotopic (exact) mass is 372 g/mol. The largest absolute Gasteiger partial charge is 0.0783 e. The van der Waals surface area contributed by atoms with Gasteiger partial charge in [0.25, 0.3) is 0 Å². The SMILES string of the molecule is CC1=Cc2ccccc2C1C(C)(C)C1C(C)=Cc2c1cccc2[Si](C)(C)C. The molecule has 1 heteroatoms. The van der Waals surface area contributed by atoms with Gasteiger partial charge in [0.1, 0.15) is 0 Å². The molecule has 0 amide bonds. The topological polar surface area (TPSA) is 0 Å². The van der Waals surface area contributed by atoms with Crippen molar-refractivity contribution in [3.05, 3.63) is 75.9 Å². The summed E-state index contributed by atoms with van der Waals surface area (Å²) >= 11 is 0. The molecule has 0 saturated carbocycles. The van der Waals surface area contributed by atoms with E-state index in [0.29, 0.717) is 11.8 Å². The van der Waals surface area contributed by atoms with E-state index in [4.69, 9.17) is 0 Å². The molecule has 0 fully saturated rings. The molecular formula is C26H32Si. The minimum Gasteiger partial charge on any atom is -0.0656 e. The van der Waals surface area contributed by atoms with Gasteiger partial charge in [-0.3, -0.25) is 0 Å². The molecular weight excluding hydrogens is 340 g/mol. The molecule has 0 nitrogen and oxygen atoms in total. The molecule has 0 bridgehead atoms. The van der Waals surface area contributed by atoms with Crippen molar-refractivity contribution in [2.45, 2.75) is 59.2 Å². The maximum absolute atomic E-state index is 2.50. The van der Waals surface area contributed by atoms with Gasteiger partial charge in [0.05, 0.1) is 8.07 Å². The molecule has 0 aliphatic heterocycles. The fourth-order valence-electron chi connectivity index (χ4n) is 5.83. The Bertz CT molecular complexity index is 966. The molecule has 140 valence electrons. The van der Waals surface area contributed by atoms with Gasteiger partial charge >= 0.3 is 0 Å². The molecule has 2 aromatic rings. The van der Waals surface area contributed by atoms with Gasteiger partial charge in [-0.15, -0.1) is 0 Å². The summed E-state index contributed by atoms with van der Waals surface area (Å²) < 4.78 is 0. The van der Waals surface area contributed by atoms with E-state index in [1.54, 1.807) is 10.8 Å². The Balaban J connectivity index is 1.85. The third-order valence-electron chi connectivity index (χ3n) is 6.72. The fourth-order valence-corrected chi connectivity index (χ4v) is 7.45. The summed E-state index contributed by atoms with van der Waals surface area (Å²) in [6, 6.07) is 16.0. The zero-order chi connectivity index (χ0) is 19.6. The van der Waals surface area contributed by atoms with E-state index >= 15 is 0 Å². The minimum absolute atomic E-state index is 0.136. The van der Waals surface area contributed by atoms with Crippen LogP contribution in [0.15, 0.2) is 53.6 Å². The third-order valence-corrected chi connectivity index (χ3v) is 8.77. The molecule has 2 atom stereocenters. The fraction of sp³-hybridized carbons (Fsp3) is 0.385. The van der Waals surface area contributed by atoms with Crippen molar-refractivity contribution in [3.8, 4) is 0 Å². The van der Waals surface area contributed by atoms with Crippen molar-refractivity contribution in [1.29, 1.82) is 0 Å². The summed E-state index contributed by atoms with van der Waals surface area (Å²) in [5.74, 6) is 0.951. The van der Waals surface area contributed by atoms with E-state index in [1.165, 1.54) is 27.8 Å². The van der Waals surface area contributed by atoms with Crippen LogP contribution < -0.4 is 5.19 Å². The summed E-state index contributed by atoms with van der Waals surface area (Å²) in [7, 11) is -1.37. The first-order chi connectivity index (χ1) is 12.6. The van der Waals surface area contributed by atoms with Gasteiger partial charge in [-0.1, -0.05) is 104 Å². The van der Waals surface area contributed by atoms with E-state index in [0.717, 1.165) is 0 Å². The van der Waals surface area contributed by atoms with Gasteiger partial charge < -0.3 is 0 Å². The third kappa shape index (κ3) is 2.79. The van der Waals surface area contributed by atoms with Crippen LogP contribution in [0.25, 0.3) is 12.2 Å². The molecule has 0 heterocycles. The van der Waals surface area contributed by atoms with Crippen LogP contribution in [-0.4, -0.2) is 8.07 Å². The Hall–Kier alpha value is -1.86. The highest BCUT2D eigenvalue weighted by molar-refractivity contribution is 6.89. The molecule has 2 aliphatic carbocycles. The van der Waals surface area contributed by atoms with Crippen LogP contribution in [0.3, 0.4) is 0 Å². The van der Waals surface area contributed by atoms with Crippen molar-refractivity contribution in [1.82, 2.24) is 0 Å². The number of rotatable bonds is 3. The van der Waals surface area contributed by atoms with Gasteiger partial charge in [0.15, 0.2) is 0 Å². The Morgan fingerprint density at radius 3 is 2.04 bits per heavy atom. The standard InChI is InChI=1S/C26H32Si/c1-17-15-19-11-8-9-12-20(19)24(17)26(3,4)25-18(2)16-22-21(25)13-10-14-23(22)27(5,6)7/h8-16,24-25H,1-7H3. The van der Waals surface area contributed by atoms with E-state index in [-0.39, 0.29) is 5.41 Å². The number of allylic oxidation sites excluding steroid dienone is 2. The van der Waals surface area contributed by atoms with Gasteiger partial charge in [-0.25, -0.2) is 0 Å². The first kappa shape index (κ1) is 18.5. The predicted octanol–water partition coefficient (Wildman–Crippen LogP) is 6.96. The summed E-state index contributed by atoms with van der Waals surface area (Å²) in [6.45, 7) is 17.0. The first-order valence-corrected chi connectivity index (χ1v) is 13.7. The molecule has 2 unspecified atom stereocenters. The van der Waals surface area contributed by atoms with Crippen LogP contribution in [-0.2, 0) is 0 Å². The van der Waals surface area contributed by atoms with Crippen LogP contribution in [0.4, 0.5) is 0 Å². The number of benzene rings is 2. The van der Waals surface area contributed by atoms with E-state index in [1.807, 2.05) is 0 Å².